The first-order valence-electron chi connectivity index (χ1n) is 8.91. The molecule has 4 rings (SSSR count). The molecule has 10 heteroatoms. The summed E-state index contributed by atoms with van der Waals surface area (Å²) >= 11 is 1.33. The van der Waals surface area contributed by atoms with Gasteiger partial charge in [0.05, 0.1) is 24.7 Å². The van der Waals surface area contributed by atoms with Crippen LogP contribution in [0.3, 0.4) is 0 Å². The van der Waals surface area contributed by atoms with Crippen LogP contribution in [-0.2, 0) is 10.5 Å². The van der Waals surface area contributed by atoms with Crippen molar-refractivity contribution in [2.75, 3.05) is 31.2 Å². The summed E-state index contributed by atoms with van der Waals surface area (Å²) in [5.74, 6) is 1.29. The van der Waals surface area contributed by atoms with Crippen molar-refractivity contribution >= 4 is 17.7 Å². The minimum atomic E-state index is -2.61. The zero-order valence-corrected chi connectivity index (χ0v) is 16.1. The number of hydrogen-bond acceptors (Lipinski definition) is 6. The number of hydrogen-bond donors (Lipinski definition) is 0. The fourth-order valence-corrected chi connectivity index (χ4v) is 3.90. The Balaban J connectivity index is 1.65. The summed E-state index contributed by atoms with van der Waals surface area (Å²) in [5.41, 5.74) is 2.08. The van der Waals surface area contributed by atoms with Crippen LogP contribution in [-0.4, -0.2) is 50.6 Å². The van der Waals surface area contributed by atoms with E-state index in [9.17, 15) is 8.78 Å². The molecule has 0 bridgehead atoms. The average Bonchev–Trinajstić information content (AvgIpc) is 3.35. The predicted molar refractivity (Wildman–Crippen MR) is 102 cm³/mol. The maximum absolute atomic E-state index is 13.1. The number of aryl methyl sites for hydroxylation is 1. The third-order valence-electron chi connectivity index (χ3n) is 4.49. The lowest BCUT2D eigenvalue weighted by molar-refractivity contribution is 0.0678. The summed E-state index contributed by atoms with van der Waals surface area (Å²) < 4.78 is 34.4. The van der Waals surface area contributed by atoms with Crippen LogP contribution in [0, 0.1) is 6.92 Å². The number of rotatable bonds is 6. The predicted octanol–water partition coefficient (Wildman–Crippen LogP) is 3.30. The summed E-state index contributed by atoms with van der Waals surface area (Å²) in [6.07, 6.45) is 2.66. The summed E-state index contributed by atoms with van der Waals surface area (Å²) in [6.45, 7) is 2.13. The van der Waals surface area contributed by atoms with Crippen molar-refractivity contribution in [3.63, 3.8) is 0 Å². The molecule has 0 aliphatic carbocycles. The zero-order valence-electron chi connectivity index (χ0n) is 15.3. The SMILES string of the molecule is Cc1ccc(-n2c(SCc3nccn3C(F)F)nnc2N2CCOCC2)cc1. The summed E-state index contributed by atoms with van der Waals surface area (Å²) in [6, 6.07) is 8.06. The number of alkyl halides is 2. The van der Waals surface area contributed by atoms with Gasteiger partial charge in [0.25, 0.3) is 0 Å². The standard InChI is InChI=1S/C18H20F2N6OS/c1-13-2-4-14(5-3-13)26-17(24-8-10-27-11-9-24)22-23-18(26)28-12-15-21-6-7-25(15)16(19)20/h2-7,16H,8-12H2,1H3. The molecule has 0 radical (unpaired) electrons. The van der Waals surface area contributed by atoms with Gasteiger partial charge in [-0.2, -0.15) is 8.78 Å². The zero-order chi connectivity index (χ0) is 19.5. The Kier molecular flexibility index (Phi) is 5.58. The van der Waals surface area contributed by atoms with E-state index in [4.69, 9.17) is 4.74 Å². The van der Waals surface area contributed by atoms with Crippen LogP contribution < -0.4 is 4.90 Å². The minimum Gasteiger partial charge on any atom is -0.378 e. The van der Waals surface area contributed by atoms with Gasteiger partial charge in [-0.1, -0.05) is 29.5 Å². The maximum Gasteiger partial charge on any atom is 0.319 e. The van der Waals surface area contributed by atoms with Crippen molar-refractivity contribution in [2.24, 2.45) is 0 Å². The summed E-state index contributed by atoms with van der Waals surface area (Å²) in [7, 11) is 0. The first-order chi connectivity index (χ1) is 13.6. The Morgan fingerprint density at radius 2 is 1.89 bits per heavy atom. The van der Waals surface area contributed by atoms with Gasteiger partial charge in [-0.15, -0.1) is 10.2 Å². The molecule has 1 saturated heterocycles. The van der Waals surface area contributed by atoms with E-state index in [2.05, 4.69) is 20.1 Å². The maximum atomic E-state index is 13.1. The molecule has 0 N–H and O–H groups in total. The molecule has 2 aromatic heterocycles. The topological polar surface area (TPSA) is 61.0 Å². The number of benzene rings is 1. The molecule has 28 heavy (non-hydrogen) atoms. The van der Waals surface area contributed by atoms with Gasteiger partial charge in [-0.25, -0.2) is 4.98 Å². The molecular formula is C18H20F2N6OS. The fourth-order valence-electron chi connectivity index (χ4n) is 3.01. The fraction of sp³-hybridized carbons (Fsp3) is 0.389. The van der Waals surface area contributed by atoms with Crippen molar-refractivity contribution < 1.29 is 13.5 Å². The molecule has 1 aromatic carbocycles. The number of aromatic nitrogens is 5. The van der Waals surface area contributed by atoms with Crippen molar-refractivity contribution in [1.29, 1.82) is 0 Å². The van der Waals surface area contributed by atoms with Gasteiger partial charge in [0.2, 0.25) is 5.95 Å². The molecule has 0 amide bonds. The van der Waals surface area contributed by atoms with Crippen molar-refractivity contribution in [3.8, 4) is 5.69 Å². The lowest BCUT2D eigenvalue weighted by atomic mass is 10.2. The van der Waals surface area contributed by atoms with E-state index in [1.54, 1.807) is 0 Å². The smallest absolute Gasteiger partial charge is 0.319 e. The molecule has 3 aromatic rings. The number of thioether (sulfide) groups is 1. The largest absolute Gasteiger partial charge is 0.378 e. The quantitative estimate of drug-likeness (QED) is 0.586. The summed E-state index contributed by atoms with van der Waals surface area (Å²) in [4.78, 5) is 6.17. The van der Waals surface area contributed by atoms with Gasteiger partial charge in [0, 0.05) is 25.5 Å². The Bertz CT molecular complexity index is 921. The lowest BCUT2D eigenvalue weighted by Gasteiger charge is -2.28. The van der Waals surface area contributed by atoms with E-state index in [1.165, 1.54) is 24.2 Å². The first-order valence-corrected chi connectivity index (χ1v) is 9.90. The van der Waals surface area contributed by atoms with Crippen LogP contribution in [0.2, 0.25) is 0 Å². The number of nitrogens with zero attached hydrogens (tertiary/aromatic N) is 6. The highest BCUT2D eigenvalue weighted by Gasteiger charge is 2.22. The second kappa shape index (κ2) is 8.27. The highest BCUT2D eigenvalue weighted by molar-refractivity contribution is 7.98. The van der Waals surface area contributed by atoms with Crippen LogP contribution >= 0.6 is 11.8 Å². The van der Waals surface area contributed by atoms with Crippen LogP contribution in [0.25, 0.3) is 5.69 Å². The molecule has 1 aliphatic heterocycles. The van der Waals surface area contributed by atoms with E-state index < -0.39 is 6.55 Å². The Labute approximate surface area is 165 Å². The Morgan fingerprint density at radius 3 is 2.61 bits per heavy atom. The minimum absolute atomic E-state index is 0.268. The van der Waals surface area contributed by atoms with E-state index in [1.807, 2.05) is 35.8 Å². The molecule has 148 valence electrons. The Morgan fingerprint density at radius 1 is 1.14 bits per heavy atom. The van der Waals surface area contributed by atoms with Crippen molar-refractivity contribution in [2.45, 2.75) is 24.4 Å². The third kappa shape index (κ3) is 3.88. The third-order valence-corrected chi connectivity index (χ3v) is 5.42. The van der Waals surface area contributed by atoms with Crippen LogP contribution in [0.15, 0.2) is 41.8 Å². The number of anilines is 1. The molecule has 1 fully saturated rings. The number of imidazole rings is 1. The molecule has 0 saturated carbocycles. The number of morpholine rings is 1. The Hall–Kier alpha value is -2.46. The van der Waals surface area contributed by atoms with Crippen LogP contribution in [0.5, 0.6) is 0 Å². The monoisotopic (exact) mass is 406 g/mol. The van der Waals surface area contributed by atoms with Gasteiger partial charge in [-0.3, -0.25) is 9.13 Å². The van der Waals surface area contributed by atoms with Crippen LogP contribution in [0.4, 0.5) is 14.7 Å². The average molecular weight is 406 g/mol. The molecule has 3 heterocycles. The molecule has 0 atom stereocenters. The van der Waals surface area contributed by atoms with E-state index >= 15 is 0 Å². The molecular weight excluding hydrogens is 386 g/mol. The van der Waals surface area contributed by atoms with E-state index in [0.29, 0.717) is 24.2 Å². The highest BCUT2D eigenvalue weighted by Crippen LogP contribution is 2.29. The molecule has 0 spiro atoms. The number of halogens is 2. The molecule has 1 aliphatic rings. The first kappa shape index (κ1) is 18.9. The normalized spacial score (nSPS) is 14.8. The van der Waals surface area contributed by atoms with Crippen molar-refractivity contribution in [3.05, 3.63) is 48.0 Å². The van der Waals surface area contributed by atoms with Gasteiger partial charge in [-0.05, 0) is 19.1 Å². The van der Waals surface area contributed by atoms with Crippen molar-refractivity contribution in [1.82, 2.24) is 24.3 Å². The van der Waals surface area contributed by atoms with Gasteiger partial charge < -0.3 is 9.64 Å². The molecule has 0 unspecified atom stereocenters. The highest BCUT2D eigenvalue weighted by atomic mass is 32.2. The van der Waals surface area contributed by atoms with Gasteiger partial charge in [0.1, 0.15) is 5.82 Å². The van der Waals surface area contributed by atoms with Gasteiger partial charge in [0.15, 0.2) is 5.16 Å². The summed E-state index contributed by atoms with van der Waals surface area (Å²) in [5, 5.41) is 9.35. The van der Waals surface area contributed by atoms with Gasteiger partial charge >= 0.3 is 6.55 Å². The van der Waals surface area contributed by atoms with E-state index in [-0.39, 0.29) is 5.75 Å². The van der Waals surface area contributed by atoms with E-state index in [0.717, 1.165) is 34.9 Å². The van der Waals surface area contributed by atoms with Crippen LogP contribution in [0.1, 0.15) is 17.9 Å². The second-order valence-electron chi connectivity index (χ2n) is 6.37. The molecule has 7 nitrogen and oxygen atoms in total. The number of ether oxygens (including phenoxy) is 1. The lowest BCUT2D eigenvalue weighted by Crippen LogP contribution is -2.37. The second-order valence-corrected chi connectivity index (χ2v) is 7.31.